The highest BCUT2D eigenvalue weighted by molar-refractivity contribution is 7.86. The Morgan fingerprint density at radius 3 is 2.36 bits per heavy atom. The van der Waals surface area contributed by atoms with Gasteiger partial charge in [-0.1, -0.05) is 30.3 Å². The third kappa shape index (κ3) is 5.91. The monoisotopic (exact) mass is 411 g/mol. The summed E-state index contributed by atoms with van der Waals surface area (Å²) in [5.41, 5.74) is 1.34. The van der Waals surface area contributed by atoms with Crippen LogP contribution in [-0.4, -0.2) is 87.1 Å². The predicted octanol–water partition coefficient (Wildman–Crippen LogP) is 1.34. The number of nitrogens with zero attached hydrogens (tertiary/aromatic N) is 3. The summed E-state index contributed by atoms with van der Waals surface area (Å²) in [5.74, 6) is 0. The van der Waals surface area contributed by atoms with Gasteiger partial charge in [0.05, 0.1) is 12.3 Å². The molecule has 2 atom stereocenters. The van der Waals surface area contributed by atoms with Crippen LogP contribution in [0.25, 0.3) is 0 Å². The summed E-state index contributed by atoms with van der Waals surface area (Å²) in [6.07, 6.45) is 0.176. The number of ether oxygens (including phenoxy) is 1. The van der Waals surface area contributed by atoms with Gasteiger partial charge in [0.25, 0.3) is 10.1 Å². The van der Waals surface area contributed by atoms with Gasteiger partial charge in [0, 0.05) is 39.3 Å². The highest BCUT2D eigenvalue weighted by Crippen LogP contribution is 2.22. The van der Waals surface area contributed by atoms with Crippen molar-refractivity contribution in [1.82, 2.24) is 14.7 Å². The van der Waals surface area contributed by atoms with E-state index in [-0.39, 0.29) is 0 Å². The number of hydrogen-bond donors (Lipinski definition) is 0. The van der Waals surface area contributed by atoms with Gasteiger partial charge in [-0.15, -0.1) is 0 Å². The van der Waals surface area contributed by atoms with Crippen molar-refractivity contribution in [3.63, 3.8) is 0 Å². The lowest BCUT2D eigenvalue weighted by atomic mass is 10.2. The molecule has 28 heavy (non-hydrogen) atoms. The van der Waals surface area contributed by atoms with Crippen LogP contribution in [0.5, 0.6) is 0 Å². The Labute approximate surface area is 167 Å². The minimum Gasteiger partial charge on any atom is -0.416 e. The minimum atomic E-state index is -3.67. The number of hydrogen-bond acceptors (Lipinski definition) is 7. The van der Waals surface area contributed by atoms with Crippen molar-refractivity contribution in [2.45, 2.75) is 32.2 Å². The van der Waals surface area contributed by atoms with Gasteiger partial charge in [-0.3, -0.25) is 9.80 Å². The molecule has 3 rings (SSSR count). The first-order chi connectivity index (χ1) is 13.3. The Bertz CT molecular complexity index is 750. The predicted molar refractivity (Wildman–Crippen MR) is 105 cm³/mol. The molecule has 2 aliphatic heterocycles. The summed E-state index contributed by atoms with van der Waals surface area (Å²) in [4.78, 5) is 18.4. The molecule has 1 aromatic rings. The van der Waals surface area contributed by atoms with Gasteiger partial charge in [-0.25, -0.2) is 8.98 Å². The number of piperazine rings is 1. The van der Waals surface area contributed by atoms with Crippen LogP contribution >= 0.6 is 0 Å². The summed E-state index contributed by atoms with van der Waals surface area (Å²) < 4.78 is 32.4. The first-order valence-corrected chi connectivity index (χ1v) is 11.5. The van der Waals surface area contributed by atoms with Gasteiger partial charge < -0.3 is 9.64 Å². The molecule has 9 heteroatoms. The fraction of sp³-hybridized carbons (Fsp3) is 0.632. The number of carbonyl (C=O) groups excluding carboxylic acids is 1. The summed E-state index contributed by atoms with van der Waals surface area (Å²) in [6.45, 7) is 8.21. The molecule has 0 spiro atoms. The van der Waals surface area contributed by atoms with E-state index >= 15 is 0 Å². The molecule has 2 heterocycles. The average molecular weight is 412 g/mol. The molecule has 0 aliphatic carbocycles. The third-order valence-electron chi connectivity index (χ3n) is 5.19. The topological polar surface area (TPSA) is 79.4 Å². The van der Waals surface area contributed by atoms with E-state index in [4.69, 9.17) is 8.92 Å². The Morgan fingerprint density at radius 2 is 1.71 bits per heavy atom. The van der Waals surface area contributed by atoms with E-state index in [1.807, 2.05) is 6.07 Å². The largest absolute Gasteiger partial charge is 0.416 e. The molecule has 0 N–H and O–H groups in total. The first kappa shape index (κ1) is 21.0. The Morgan fingerprint density at radius 1 is 1.07 bits per heavy atom. The second kappa shape index (κ2) is 9.21. The highest BCUT2D eigenvalue weighted by atomic mass is 32.2. The molecule has 0 radical (unpaired) electrons. The minimum absolute atomic E-state index is 0.426. The standard InChI is InChI=1S/C19H29N3O5S/c1-16-18(27-28(2,24)25)26-19(23)22(16)10-6-9-20-11-13-21(14-12-20)15-17-7-4-3-5-8-17/h3-5,7-8,16,18H,6,9-15H2,1-2H3. The summed E-state index contributed by atoms with van der Waals surface area (Å²) in [5, 5.41) is 0. The van der Waals surface area contributed by atoms with Crippen molar-refractivity contribution >= 4 is 16.2 Å². The van der Waals surface area contributed by atoms with Crippen LogP contribution in [0, 0.1) is 0 Å². The highest BCUT2D eigenvalue weighted by Gasteiger charge is 2.41. The van der Waals surface area contributed by atoms with Gasteiger partial charge >= 0.3 is 6.09 Å². The maximum Gasteiger partial charge on any atom is 0.412 e. The molecular weight excluding hydrogens is 382 g/mol. The van der Waals surface area contributed by atoms with E-state index < -0.39 is 28.5 Å². The fourth-order valence-corrected chi connectivity index (χ4v) is 4.17. The van der Waals surface area contributed by atoms with Crippen LogP contribution in [0.4, 0.5) is 4.79 Å². The van der Waals surface area contributed by atoms with Crippen LogP contribution < -0.4 is 0 Å². The number of cyclic esters (lactones) is 1. The zero-order chi connectivity index (χ0) is 20.1. The van der Waals surface area contributed by atoms with Crippen LogP contribution in [0.2, 0.25) is 0 Å². The van der Waals surface area contributed by atoms with Crippen molar-refractivity contribution < 1.29 is 22.1 Å². The number of carbonyl (C=O) groups is 1. The lowest BCUT2D eigenvalue weighted by Gasteiger charge is -2.35. The number of rotatable bonds is 8. The molecule has 8 nitrogen and oxygen atoms in total. The Hall–Kier alpha value is -1.68. The summed E-state index contributed by atoms with van der Waals surface area (Å²) in [7, 11) is -3.67. The quantitative estimate of drug-likeness (QED) is 0.597. The second-order valence-electron chi connectivity index (χ2n) is 7.44. The molecule has 2 fully saturated rings. The molecule has 1 aromatic carbocycles. The zero-order valence-electron chi connectivity index (χ0n) is 16.5. The van der Waals surface area contributed by atoms with E-state index in [9.17, 15) is 13.2 Å². The molecule has 2 aliphatic rings. The van der Waals surface area contributed by atoms with Gasteiger partial charge in [-0.2, -0.15) is 8.42 Å². The lowest BCUT2D eigenvalue weighted by Crippen LogP contribution is -2.46. The van der Waals surface area contributed by atoms with Crippen molar-refractivity contribution in [3.8, 4) is 0 Å². The van der Waals surface area contributed by atoms with E-state index in [0.29, 0.717) is 6.54 Å². The smallest absolute Gasteiger partial charge is 0.412 e. The number of benzene rings is 1. The van der Waals surface area contributed by atoms with E-state index in [2.05, 4.69) is 34.1 Å². The molecule has 2 unspecified atom stereocenters. The van der Waals surface area contributed by atoms with Crippen LogP contribution in [0.15, 0.2) is 30.3 Å². The van der Waals surface area contributed by atoms with Crippen LogP contribution in [0.1, 0.15) is 18.9 Å². The molecule has 0 bridgehead atoms. The first-order valence-electron chi connectivity index (χ1n) is 9.66. The summed E-state index contributed by atoms with van der Waals surface area (Å²) >= 11 is 0. The molecule has 156 valence electrons. The van der Waals surface area contributed by atoms with E-state index in [1.54, 1.807) is 11.8 Å². The van der Waals surface area contributed by atoms with Crippen LogP contribution in [-0.2, 0) is 25.6 Å². The van der Waals surface area contributed by atoms with Crippen molar-refractivity contribution in [1.29, 1.82) is 0 Å². The van der Waals surface area contributed by atoms with Gasteiger partial charge in [-0.05, 0) is 25.5 Å². The summed E-state index contributed by atoms with van der Waals surface area (Å²) in [6, 6.07) is 10.1. The number of amides is 1. The van der Waals surface area contributed by atoms with Crippen LogP contribution in [0.3, 0.4) is 0 Å². The maximum atomic E-state index is 12.0. The zero-order valence-corrected chi connectivity index (χ0v) is 17.3. The van der Waals surface area contributed by atoms with E-state index in [1.165, 1.54) is 5.56 Å². The SMILES string of the molecule is CC1C(OS(C)(=O)=O)OC(=O)N1CCCN1CCN(Cc2ccccc2)CC1. The molecule has 2 saturated heterocycles. The normalized spacial score (nSPS) is 24.5. The maximum absolute atomic E-state index is 12.0. The molecule has 0 saturated carbocycles. The molecule has 1 amide bonds. The second-order valence-corrected chi connectivity index (χ2v) is 9.04. The van der Waals surface area contributed by atoms with Gasteiger partial charge in [0.15, 0.2) is 0 Å². The Balaban J connectivity index is 1.37. The Kier molecular flexibility index (Phi) is 6.92. The third-order valence-corrected chi connectivity index (χ3v) is 5.73. The molecule has 0 aromatic heterocycles. The average Bonchev–Trinajstić information content (AvgIpc) is 2.90. The van der Waals surface area contributed by atoms with Crippen molar-refractivity contribution in [3.05, 3.63) is 35.9 Å². The van der Waals surface area contributed by atoms with Gasteiger partial charge in [0.2, 0.25) is 6.29 Å². The lowest BCUT2D eigenvalue weighted by molar-refractivity contribution is -0.00747. The molecular formula is C19H29N3O5S. The van der Waals surface area contributed by atoms with E-state index in [0.717, 1.165) is 51.9 Å². The van der Waals surface area contributed by atoms with Crippen molar-refractivity contribution in [2.75, 3.05) is 45.5 Å². The van der Waals surface area contributed by atoms with Crippen molar-refractivity contribution in [2.24, 2.45) is 0 Å². The van der Waals surface area contributed by atoms with Gasteiger partial charge in [0.1, 0.15) is 0 Å². The fourth-order valence-electron chi connectivity index (χ4n) is 3.62.